The molecule has 1 unspecified atom stereocenters. The minimum atomic E-state index is -0.193. The van der Waals surface area contributed by atoms with Crippen LogP contribution in [0.4, 0.5) is 5.69 Å². The first-order valence-electron chi connectivity index (χ1n) is 8.82. The molecule has 1 fully saturated rings. The molecule has 2 aliphatic rings. The zero-order chi connectivity index (χ0) is 19.7. The molecule has 5 nitrogen and oxygen atoms in total. The number of hydrogen-bond donors (Lipinski definition) is 0. The van der Waals surface area contributed by atoms with E-state index in [9.17, 15) is 10.1 Å². The molecular formula is C21H18BrN3O2S. The van der Waals surface area contributed by atoms with Gasteiger partial charge in [0.05, 0.1) is 36.3 Å². The molecule has 0 spiro atoms. The van der Waals surface area contributed by atoms with Crippen LogP contribution in [-0.2, 0) is 4.79 Å². The van der Waals surface area contributed by atoms with E-state index in [1.165, 1.54) is 0 Å². The molecule has 4 rings (SSSR count). The highest BCUT2D eigenvalue weighted by molar-refractivity contribution is 9.10. The summed E-state index contributed by atoms with van der Waals surface area (Å²) in [4.78, 5) is 16.8. The maximum atomic E-state index is 12.9. The number of allylic oxidation sites excluding steroid dienone is 1. The van der Waals surface area contributed by atoms with Crippen LogP contribution in [0.1, 0.15) is 17.9 Å². The van der Waals surface area contributed by atoms with Crippen LogP contribution >= 0.6 is 27.7 Å². The third kappa shape index (κ3) is 3.50. The fraction of sp³-hybridized carbons (Fsp3) is 0.238. The molecular weight excluding hydrogens is 438 g/mol. The quantitative estimate of drug-likeness (QED) is 0.672. The second kappa shape index (κ2) is 7.90. The van der Waals surface area contributed by atoms with Gasteiger partial charge in [-0.3, -0.25) is 9.69 Å². The molecule has 0 bridgehead atoms. The number of benzene rings is 2. The number of nitrogens with zero attached hydrogens (tertiary/aromatic N) is 3. The number of fused-ring (bicyclic) bond motifs is 1. The van der Waals surface area contributed by atoms with Gasteiger partial charge in [-0.1, -0.05) is 39.8 Å². The van der Waals surface area contributed by atoms with Crippen LogP contribution in [0.15, 0.2) is 63.6 Å². The van der Waals surface area contributed by atoms with Crippen molar-refractivity contribution in [2.45, 2.75) is 12.3 Å². The van der Waals surface area contributed by atoms with Gasteiger partial charge in [-0.2, -0.15) is 5.26 Å². The fourth-order valence-corrected chi connectivity index (χ4v) is 5.11. The topological polar surface area (TPSA) is 56.6 Å². The number of rotatable bonds is 3. The molecule has 1 atom stereocenters. The van der Waals surface area contributed by atoms with Crippen molar-refractivity contribution >= 4 is 39.3 Å². The maximum Gasteiger partial charge on any atom is 0.229 e. The summed E-state index contributed by atoms with van der Waals surface area (Å²) in [7, 11) is 1.64. The summed E-state index contributed by atoms with van der Waals surface area (Å²) in [5, 5.41) is 10.6. The summed E-state index contributed by atoms with van der Waals surface area (Å²) in [6.45, 7) is 0.448. The molecule has 0 N–H and O–H groups in total. The Morgan fingerprint density at radius 2 is 2.04 bits per heavy atom. The highest BCUT2D eigenvalue weighted by Gasteiger charge is 2.38. The van der Waals surface area contributed by atoms with E-state index in [0.29, 0.717) is 24.5 Å². The molecule has 0 saturated carbocycles. The number of thioether (sulfide) groups is 1. The molecule has 142 valence electrons. The molecule has 0 aromatic heterocycles. The molecule has 2 aliphatic heterocycles. The predicted octanol–water partition coefficient (Wildman–Crippen LogP) is 4.68. The largest absolute Gasteiger partial charge is 0.497 e. The van der Waals surface area contributed by atoms with E-state index in [1.54, 1.807) is 23.8 Å². The van der Waals surface area contributed by atoms with Gasteiger partial charge >= 0.3 is 0 Å². The molecule has 7 heteroatoms. The van der Waals surface area contributed by atoms with Gasteiger partial charge in [0.15, 0.2) is 0 Å². The van der Waals surface area contributed by atoms with E-state index in [1.807, 2.05) is 48.5 Å². The predicted molar refractivity (Wildman–Crippen MR) is 114 cm³/mol. The zero-order valence-electron chi connectivity index (χ0n) is 15.3. The van der Waals surface area contributed by atoms with Gasteiger partial charge in [-0.15, -0.1) is 0 Å². The standard InChI is InChI=1S/C21H18BrN3O2S/c1-27-17-7-5-16(6-8-17)24-12-25-20(26)10-18(14-3-2-4-15(22)9-14)19(11-23)21(25)28-13-24/h2-9,18H,10,12-13H2,1H3. The number of amides is 1. The van der Waals surface area contributed by atoms with Crippen molar-refractivity contribution in [2.24, 2.45) is 0 Å². The number of carbonyl (C=O) groups excluding carboxylic acids is 1. The molecule has 1 amide bonds. The Balaban J connectivity index is 1.64. The van der Waals surface area contributed by atoms with Gasteiger partial charge in [0.2, 0.25) is 5.91 Å². The number of anilines is 1. The maximum absolute atomic E-state index is 12.9. The van der Waals surface area contributed by atoms with Gasteiger partial charge in [-0.25, -0.2) is 0 Å². The van der Waals surface area contributed by atoms with E-state index in [2.05, 4.69) is 26.9 Å². The minimum absolute atomic E-state index is 0.0460. The summed E-state index contributed by atoms with van der Waals surface area (Å²) in [5.41, 5.74) is 2.69. The third-order valence-corrected chi connectivity index (χ3v) is 6.63. The Morgan fingerprint density at radius 3 is 2.71 bits per heavy atom. The first-order chi connectivity index (χ1) is 13.6. The number of hydrogen-bond acceptors (Lipinski definition) is 5. The first-order valence-corrected chi connectivity index (χ1v) is 10.6. The van der Waals surface area contributed by atoms with Gasteiger partial charge in [0.25, 0.3) is 0 Å². The smallest absolute Gasteiger partial charge is 0.229 e. The average Bonchev–Trinajstić information content (AvgIpc) is 2.73. The SMILES string of the molecule is COc1ccc(N2CSC3=C(C#N)C(c4cccc(Br)c4)CC(=O)N3C2)cc1. The highest BCUT2D eigenvalue weighted by Crippen LogP contribution is 2.43. The highest BCUT2D eigenvalue weighted by atomic mass is 79.9. The Hall–Kier alpha value is -2.43. The van der Waals surface area contributed by atoms with E-state index in [4.69, 9.17) is 4.74 Å². The lowest BCUT2D eigenvalue weighted by molar-refractivity contribution is -0.129. The summed E-state index contributed by atoms with van der Waals surface area (Å²) >= 11 is 5.03. The van der Waals surface area contributed by atoms with Crippen molar-refractivity contribution < 1.29 is 9.53 Å². The molecule has 2 aromatic carbocycles. The minimum Gasteiger partial charge on any atom is -0.497 e. The number of halogens is 1. The number of ether oxygens (including phenoxy) is 1. The number of methoxy groups -OCH3 is 1. The molecule has 28 heavy (non-hydrogen) atoms. The van der Waals surface area contributed by atoms with E-state index < -0.39 is 0 Å². The van der Waals surface area contributed by atoms with Crippen molar-refractivity contribution in [1.29, 1.82) is 5.26 Å². The Labute approximate surface area is 176 Å². The molecule has 2 aromatic rings. The second-order valence-electron chi connectivity index (χ2n) is 6.62. The molecule has 1 saturated heterocycles. The first kappa shape index (κ1) is 18.9. The van der Waals surface area contributed by atoms with Gasteiger partial charge in [0, 0.05) is 22.5 Å². The lowest BCUT2D eigenvalue weighted by Gasteiger charge is -2.42. The third-order valence-electron chi connectivity index (χ3n) is 4.98. The number of carbonyl (C=O) groups is 1. The molecule has 2 heterocycles. The van der Waals surface area contributed by atoms with Crippen molar-refractivity contribution in [1.82, 2.24) is 4.90 Å². The Morgan fingerprint density at radius 1 is 1.25 bits per heavy atom. The van der Waals surface area contributed by atoms with Gasteiger partial charge in [-0.05, 0) is 42.0 Å². The van der Waals surface area contributed by atoms with Crippen molar-refractivity contribution in [2.75, 3.05) is 24.6 Å². The second-order valence-corrected chi connectivity index (χ2v) is 8.47. The van der Waals surface area contributed by atoms with Crippen LogP contribution in [0.25, 0.3) is 0 Å². The van der Waals surface area contributed by atoms with E-state index in [0.717, 1.165) is 26.5 Å². The summed E-state index contributed by atoms with van der Waals surface area (Å²) in [6.07, 6.45) is 0.305. The Kier molecular flexibility index (Phi) is 5.33. The van der Waals surface area contributed by atoms with E-state index >= 15 is 0 Å². The van der Waals surface area contributed by atoms with Crippen molar-refractivity contribution in [3.05, 3.63) is 69.2 Å². The van der Waals surface area contributed by atoms with Crippen LogP contribution < -0.4 is 9.64 Å². The van der Waals surface area contributed by atoms with Gasteiger partial charge < -0.3 is 9.64 Å². The van der Waals surface area contributed by atoms with Crippen LogP contribution in [0.2, 0.25) is 0 Å². The van der Waals surface area contributed by atoms with Crippen LogP contribution in [-0.4, -0.2) is 30.5 Å². The molecule has 0 aliphatic carbocycles. The van der Waals surface area contributed by atoms with Crippen LogP contribution in [0.3, 0.4) is 0 Å². The van der Waals surface area contributed by atoms with Crippen LogP contribution in [0.5, 0.6) is 5.75 Å². The van der Waals surface area contributed by atoms with Crippen molar-refractivity contribution in [3.8, 4) is 11.8 Å². The van der Waals surface area contributed by atoms with Gasteiger partial charge in [0.1, 0.15) is 5.75 Å². The molecule has 0 radical (unpaired) electrons. The fourth-order valence-electron chi connectivity index (χ4n) is 3.53. The monoisotopic (exact) mass is 455 g/mol. The lowest BCUT2D eigenvalue weighted by atomic mass is 9.86. The van der Waals surface area contributed by atoms with Crippen molar-refractivity contribution in [3.63, 3.8) is 0 Å². The average molecular weight is 456 g/mol. The summed E-state index contributed by atoms with van der Waals surface area (Å²) in [6, 6.07) is 18.0. The summed E-state index contributed by atoms with van der Waals surface area (Å²) < 4.78 is 6.16. The zero-order valence-corrected chi connectivity index (χ0v) is 17.7. The van der Waals surface area contributed by atoms with E-state index in [-0.39, 0.29) is 11.8 Å². The normalized spacial score (nSPS) is 19.3. The van der Waals surface area contributed by atoms with Crippen LogP contribution in [0, 0.1) is 11.3 Å². The lowest BCUT2D eigenvalue weighted by Crippen LogP contribution is -2.47. The number of nitriles is 1. The Bertz CT molecular complexity index is 984. The summed E-state index contributed by atoms with van der Waals surface area (Å²) in [5.74, 6) is 1.33.